The monoisotopic (exact) mass is 293 g/mol. The molecule has 0 aromatic carbocycles. The van der Waals surface area contributed by atoms with Gasteiger partial charge in [0.15, 0.2) is 0 Å². The molecule has 0 saturated carbocycles. The largest absolute Gasteiger partial charge is 0.388 e. The van der Waals surface area contributed by atoms with Crippen molar-refractivity contribution in [1.82, 2.24) is 9.88 Å². The lowest BCUT2D eigenvalue weighted by Gasteiger charge is -2.40. The van der Waals surface area contributed by atoms with Gasteiger partial charge in [0.2, 0.25) is 0 Å². The Morgan fingerprint density at radius 2 is 2.14 bits per heavy atom. The third kappa shape index (κ3) is 4.15. The van der Waals surface area contributed by atoms with Crippen molar-refractivity contribution in [2.75, 3.05) is 38.7 Å². The van der Waals surface area contributed by atoms with Crippen molar-refractivity contribution in [2.24, 2.45) is 0 Å². The summed E-state index contributed by atoms with van der Waals surface area (Å²) in [5, 5.41) is 10.2. The number of rotatable bonds is 4. The fraction of sp³-hybridized carbons (Fsp3) is 0.688. The van der Waals surface area contributed by atoms with Crippen LogP contribution in [0.15, 0.2) is 12.1 Å². The molecule has 118 valence electrons. The van der Waals surface area contributed by atoms with Gasteiger partial charge in [-0.05, 0) is 47.0 Å². The van der Waals surface area contributed by atoms with Gasteiger partial charge in [-0.15, -0.1) is 0 Å². The molecular formula is C16H27N3O2. The van der Waals surface area contributed by atoms with Gasteiger partial charge in [0.1, 0.15) is 6.10 Å². The molecule has 0 spiro atoms. The molecule has 2 rings (SSSR count). The van der Waals surface area contributed by atoms with E-state index >= 15 is 0 Å². The lowest BCUT2D eigenvalue weighted by Crippen LogP contribution is -2.52. The summed E-state index contributed by atoms with van der Waals surface area (Å²) in [6.07, 6.45) is -0.181. The number of aromatic nitrogens is 1. The standard InChI is InChI=1S/C16H27N3O2/c1-12-6-7-14(13(17-12)10-18(4)5)19-8-9-21-15(11-19)16(2,3)20/h6-7,15,20H,8-11H2,1-5H3/t15-/m1/s1. The Morgan fingerprint density at radius 3 is 2.76 bits per heavy atom. The number of aliphatic hydroxyl groups is 1. The Bertz CT molecular complexity index is 483. The molecule has 0 amide bonds. The molecule has 1 N–H and O–H groups in total. The fourth-order valence-corrected chi connectivity index (χ4v) is 2.60. The van der Waals surface area contributed by atoms with E-state index in [1.54, 1.807) is 13.8 Å². The number of morpholine rings is 1. The fourth-order valence-electron chi connectivity index (χ4n) is 2.60. The average Bonchev–Trinajstić information content (AvgIpc) is 2.37. The van der Waals surface area contributed by atoms with E-state index in [1.807, 2.05) is 27.1 Å². The Hall–Kier alpha value is -1.17. The summed E-state index contributed by atoms with van der Waals surface area (Å²) >= 11 is 0. The van der Waals surface area contributed by atoms with Gasteiger partial charge in [-0.3, -0.25) is 4.98 Å². The SMILES string of the molecule is Cc1ccc(N2CCO[C@@H](C(C)(C)O)C2)c(CN(C)C)n1. The topological polar surface area (TPSA) is 48.8 Å². The lowest BCUT2D eigenvalue weighted by atomic mass is 10.00. The van der Waals surface area contributed by atoms with Crippen LogP contribution in [0.2, 0.25) is 0 Å². The third-order valence-electron chi connectivity index (χ3n) is 3.75. The van der Waals surface area contributed by atoms with E-state index in [0.29, 0.717) is 13.2 Å². The molecular weight excluding hydrogens is 266 g/mol. The van der Waals surface area contributed by atoms with Crippen LogP contribution in [0.25, 0.3) is 0 Å². The first kappa shape index (κ1) is 16.2. The number of nitrogens with zero attached hydrogens (tertiary/aromatic N) is 3. The Kier molecular flexibility index (Phi) is 4.86. The molecule has 2 heterocycles. The van der Waals surface area contributed by atoms with Gasteiger partial charge in [0, 0.05) is 25.3 Å². The summed E-state index contributed by atoms with van der Waals surface area (Å²) in [5.74, 6) is 0. The lowest BCUT2D eigenvalue weighted by molar-refractivity contribution is -0.0928. The second kappa shape index (κ2) is 6.30. The zero-order valence-electron chi connectivity index (χ0n) is 13.8. The molecule has 1 aromatic heterocycles. The van der Waals surface area contributed by atoms with Gasteiger partial charge in [-0.1, -0.05) is 0 Å². The minimum atomic E-state index is -0.835. The van der Waals surface area contributed by atoms with E-state index in [-0.39, 0.29) is 6.10 Å². The van der Waals surface area contributed by atoms with Gasteiger partial charge >= 0.3 is 0 Å². The number of hydrogen-bond acceptors (Lipinski definition) is 5. The minimum absolute atomic E-state index is 0.181. The van der Waals surface area contributed by atoms with Gasteiger partial charge < -0.3 is 19.6 Å². The molecule has 1 aromatic rings. The molecule has 0 aliphatic carbocycles. The van der Waals surface area contributed by atoms with Crippen LogP contribution in [0, 0.1) is 6.92 Å². The van der Waals surface area contributed by atoms with Crippen molar-refractivity contribution < 1.29 is 9.84 Å². The van der Waals surface area contributed by atoms with Crippen molar-refractivity contribution in [3.8, 4) is 0 Å². The number of ether oxygens (including phenoxy) is 1. The summed E-state index contributed by atoms with van der Waals surface area (Å²) in [6, 6.07) is 4.18. The molecule has 1 aliphatic heterocycles. The second-order valence-electron chi connectivity index (χ2n) is 6.62. The van der Waals surface area contributed by atoms with E-state index in [4.69, 9.17) is 4.74 Å². The van der Waals surface area contributed by atoms with Gasteiger partial charge in [0.05, 0.1) is 23.6 Å². The van der Waals surface area contributed by atoms with E-state index in [9.17, 15) is 5.11 Å². The second-order valence-corrected chi connectivity index (χ2v) is 6.62. The summed E-state index contributed by atoms with van der Waals surface area (Å²) in [5.41, 5.74) is 2.42. The van der Waals surface area contributed by atoms with Crippen LogP contribution in [0.3, 0.4) is 0 Å². The number of anilines is 1. The van der Waals surface area contributed by atoms with Crippen LogP contribution in [0.5, 0.6) is 0 Å². The van der Waals surface area contributed by atoms with E-state index in [0.717, 1.165) is 30.2 Å². The highest BCUT2D eigenvalue weighted by atomic mass is 16.5. The maximum atomic E-state index is 10.2. The van der Waals surface area contributed by atoms with Gasteiger partial charge in [-0.25, -0.2) is 0 Å². The summed E-state index contributed by atoms with van der Waals surface area (Å²) in [6.45, 7) is 8.57. The van der Waals surface area contributed by atoms with Crippen molar-refractivity contribution in [3.63, 3.8) is 0 Å². The predicted molar refractivity (Wildman–Crippen MR) is 84.6 cm³/mol. The first-order valence-electron chi connectivity index (χ1n) is 7.47. The van der Waals surface area contributed by atoms with Crippen molar-refractivity contribution in [2.45, 2.75) is 39.0 Å². The van der Waals surface area contributed by atoms with Gasteiger partial charge in [0.25, 0.3) is 0 Å². The normalized spacial score (nSPS) is 20.1. The summed E-state index contributed by atoms with van der Waals surface area (Å²) in [4.78, 5) is 9.09. The molecule has 0 bridgehead atoms. The third-order valence-corrected chi connectivity index (χ3v) is 3.75. The Labute approximate surface area is 127 Å². The van der Waals surface area contributed by atoms with Crippen molar-refractivity contribution >= 4 is 5.69 Å². The van der Waals surface area contributed by atoms with Gasteiger partial charge in [-0.2, -0.15) is 0 Å². The summed E-state index contributed by atoms with van der Waals surface area (Å²) < 4.78 is 5.72. The average molecular weight is 293 g/mol. The molecule has 1 aliphatic rings. The first-order chi connectivity index (χ1) is 9.77. The number of hydrogen-bond donors (Lipinski definition) is 1. The Balaban J connectivity index is 2.24. The molecule has 21 heavy (non-hydrogen) atoms. The minimum Gasteiger partial charge on any atom is -0.388 e. The predicted octanol–water partition coefficient (Wildman–Crippen LogP) is 1.43. The number of pyridine rings is 1. The Morgan fingerprint density at radius 1 is 1.43 bits per heavy atom. The maximum Gasteiger partial charge on any atom is 0.103 e. The highest BCUT2D eigenvalue weighted by Crippen LogP contribution is 2.25. The van der Waals surface area contributed by atoms with Crippen molar-refractivity contribution in [3.05, 3.63) is 23.5 Å². The zero-order chi connectivity index (χ0) is 15.6. The van der Waals surface area contributed by atoms with Crippen LogP contribution in [0.1, 0.15) is 25.2 Å². The highest BCUT2D eigenvalue weighted by molar-refractivity contribution is 5.51. The van der Waals surface area contributed by atoms with Crippen LogP contribution in [-0.4, -0.2) is 60.5 Å². The van der Waals surface area contributed by atoms with Crippen LogP contribution >= 0.6 is 0 Å². The van der Waals surface area contributed by atoms with E-state index < -0.39 is 5.60 Å². The smallest absolute Gasteiger partial charge is 0.103 e. The molecule has 1 saturated heterocycles. The van der Waals surface area contributed by atoms with E-state index in [1.165, 1.54) is 0 Å². The quantitative estimate of drug-likeness (QED) is 0.910. The van der Waals surface area contributed by atoms with Crippen LogP contribution in [-0.2, 0) is 11.3 Å². The van der Waals surface area contributed by atoms with E-state index in [2.05, 4.69) is 20.9 Å². The van der Waals surface area contributed by atoms with Crippen LogP contribution < -0.4 is 4.90 Å². The first-order valence-corrected chi connectivity index (χ1v) is 7.47. The van der Waals surface area contributed by atoms with Crippen molar-refractivity contribution in [1.29, 1.82) is 0 Å². The zero-order valence-corrected chi connectivity index (χ0v) is 13.8. The summed E-state index contributed by atoms with van der Waals surface area (Å²) in [7, 11) is 4.10. The molecule has 5 heteroatoms. The highest BCUT2D eigenvalue weighted by Gasteiger charge is 2.33. The maximum absolute atomic E-state index is 10.2. The van der Waals surface area contributed by atoms with Crippen LogP contribution in [0.4, 0.5) is 5.69 Å². The number of aryl methyl sites for hydroxylation is 1. The molecule has 0 unspecified atom stereocenters. The molecule has 5 nitrogen and oxygen atoms in total. The molecule has 1 fully saturated rings. The molecule has 0 radical (unpaired) electrons. The molecule has 1 atom stereocenters.